The van der Waals surface area contributed by atoms with Gasteiger partial charge in [0, 0.05) is 19.7 Å². The van der Waals surface area contributed by atoms with Gasteiger partial charge >= 0.3 is 0 Å². The van der Waals surface area contributed by atoms with Crippen LogP contribution < -0.4 is 0 Å². The van der Waals surface area contributed by atoms with E-state index in [4.69, 9.17) is 4.74 Å². The number of aliphatic hydroxyl groups is 1. The lowest BCUT2D eigenvalue weighted by molar-refractivity contribution is -0.140. The number of rotatable bonds is 3. The number of ether oxygens (including phenoxy) is 1. The summed E-state index contributed by atoms with van der Waals surface area (Å²) in [6.07, 6.45) is 6.54. The molecule has 3 atom stereocenters. The first-order valence-electron chi connectivity index (χ1n) is 7.72. The molecule has 2 bridgehead atoms. The fourth-order valence-electron chi connectivity index (χ4n) is 3.96. The van der Waals surface area contributed by atoms with E-state index in [0.717, 1.165) is 51.6 Å². The molecule has 3 heterocycles. The Kier molecular flexibility index (Phi) is 3.56. The Morgan fingerprint density at radius 1 is 1.37 bits per heavy atom. The minimum atomic E-state index is 0.0575. The van der Waals surface area contributed by atoms with Gasteiger partial charge in [-0.25, -0.2) is 0 Å². The van der Waals surface area contributed by atoms with E-state index in [2.05, 4.69) is 6.92 Å². The number of amides is 1. The number of piperidine rings is 1. The molecule has 1 amide bonds. The van der Waals surface area contributed by atoms with Crippen molar-refractivity contribution in [1.29, 1.82) is 0 Å². The molecule has 0 aromatic heterocycles. The van der Waals surface area contributed by atoms with Crippen molar-refractivity contribution >= 4 is 5.91 Å². The van der Waals surface area contributed by atoms with Gasteiger partial charge in [-0.15, -0.1) is 0 Å². The van der Waals surface area contributed by atoms with Gasteiger partial charge in [0.25, 0.3) is 0 Å². The van der Waals surface area contributed by atoms with Crippen molar-refractivity contribution < 1.29 is 14.6 Å². The standard InChI is InChI=1S/C15H25NO3/c1-2-15(10-17)5-7-16(8-6-15)14(18)12-9-11-3-4-13(12)19-11/h11-13,17H,2-10H2,1H3. The van der Waals surface area contributed by atoms with Gasteiger partial charge in [-0.3, -0.25) is 4.79 Å². The van der Waals surface area contributed by atoms with Gasteiger partial charge in [-0.2, -0.15) is 0 Å². The van der Waals surface area contributed by atoms with Crippen LogP contribution in [0.1, 0.15) is 45.4 Å². The van der Waals surface area contributed by atoms with E-state index in [9.17, 15) is 9.90 Å². The highest BCUT2D eigenvalue weighted by Crippen LogP contribution is 2.41. The first kappa shape index (κ1) is 13.4. The minimum Gasteiger partial charge on any atom is -0.396 e. The molecule has 108 valence electrons. The van der Waals surface area contributed by atoms with E-state index in [1.54, 1.807) is 0 Å². The van der Waals surface area contributed by atoms with Gasteiger partial charge in [-0.1, -0.05) is 6.92 Å². The summed E-state index contributed by atoms with van der Waals surface area (Å²) in [5.74, 6) is 0.414. The number of carbonyl (C=O) groups is 1. The van der Waals surface area contributed by atoms with Crippen LogP contribution in [0.2, 0.25) is 0 Å². The second-order valence-corrected chi connectivity index (χ2v) is 6.55. The van der Waals surface area contributed by atoms with Crippen LogP contribution in [-0.2, 0) is 9.53 Å². The largest absolute Gasteiger partial charge is 0.396 e. The van der Waals surface area contributed by atoms with Crippen molar-refractivity contribution in [3.63, 3.8) is 0 Å². The van der Waals surface area contributed by atoms with Gasteiger partial charge in [0.1, 0.15) is 0 Å². The molecule has 0 aromatic rings. The van der Waals surface area contributed by atoms with Crippen molar-refractivity contribution in [3.8, 4) is 0 Å². The molecule has 3 aliphatic heterocycles. The monoisotopic (exact) mass is 267 g/mol. The number of hydrogen-bond acceptors (Lipinski definition) is 3. The third kappa shape index (κ3) is 2.29. The topological polar surface area (TPSA) is 49.8 Å². The average molecular weight is 267 g/mol. The van der Waals surface area contributed by atoms with Crippen LogP contribution in [0.5, 0.6) is 0 Å². The third-order valence-electron chi connectivity index (χ3n) is 5.64. The second kappa shape index (κ2) is 5.06. The summed E-state index contributed by atoms with van der Waals surface area (Å²) in [5.41, 5.74) is 0.0575. The van der Waals surface area contributed by atoms with Crippen LogP contribution in [-0.4, -0.2) is 47.8 Å². The van der Waals surface area contributed by atoms with Crippen LogP contribution in [0.3, 0.4) is 0 Å². The van der Waals surface area contributed by atoms with E-state index in [-0.39, 0.29) is 24.0 Å². The normalized spacial score (nSPS) is 36.7. The van der Waals surface area contributed by atoms with Crippen LogP contribution in [0.4, 0.5) is 0 Å². The highest BCUT2D eigenvalue weighted by molar-refractivity contribution is 5.80. The molecule has 0 saturated carbocycles. The van der Waals surface area contributed by atoms with Gasteiger partial charge < -0.3 is 14.7 Å². The third-order valence-corrected chi connectivity index (χ3v) is 5.64. The lowest BCUT2D eigenvalue weighted by atomic mass is 9.76. The van der Waals surface area contributed by atoms with Crippen molar-refractivity contribution in [3.05, 3.63) is 0 Å². The number of fused-ring (bicyclic) bond motifs is 2. The molecule has 3 aliphatic rings. The van der Waals surface area contributed by atoms with Crippen molar-refractivity contribution in [1.82, 2.24) is 4.90 Å². The molecular formula is C15H25NO3. The summed E-state index contributed by atoms with van der Waals surface area (Å²) in [6, 6.07) is 0. The van der Waals surface area contributed by atoms with Crippen molar-refractivity contribution in [2.45, 2.75) is 57.7 Å². The van der Waals surface area contributed by atoms with E-state index in [1.807, 2.05) is 4.90 Å². The number of aliphatic hydroxyl groups excluding tert-OH is 1. The Morgan fingerprint density at radius 3 is 2.58 bits per heavy atom. The zero-order valence-electron chi connectivity index (χ0n) is 11.8. The van der Waals surface area contributed by atoms with Crippen molar-refractivity contribution in [2.75, 3.05) is 19.7 Å². The van der Waals surface area contributed by atoms with Gasteiger partial charge in [0.15, 0.2) is 0 Å². The van der Waals surface area contributed by atoms with E-state index in [0.29, 0.717) is 12.0 Å². The maximum absolute atomic E-state index is 12.6. The summed E-state index contributed by atoms with van der Waals surface area (Å²) in [6.45, 7) is 4.00. The van der Waals surface area contributed by atoms with Crippen LogP contribution in [0.15, 0.2) is 0 Å². The SMILES string of the molecule is CCC1(CO)CCN(C(=O)C2CC3CCC2O3)CC1. The predicted octanol–water partition coefficient (Wildman–Crippen LogP) is 1.56. The number of likely N-dealkylation sites (tertiary alicyclic amines) is 1. The quantitative estimate of drug-likeness (QED) is 0.844. The Hall–Kier alpha value is -0.610. The van der Waals surface area contributed by atoms with Crippen LogP contribution >= 0.6 is 0 Å². The molecule has 0 spiro atoms. The van der Waals surface area contributed by atoms with Gasteiger partial charge in [0.2, 0.25) is 5.91 Å². The number of hydrogen-bond donors (Lipinski definition) is 1. The van der Waals surface area contributed by atoms with Crippen LogP contribution in [0, 0.1) is 11.3 Å². The van der Waals surface area contributed by atoms with Crippen LogP contribution in [0.25, 0.3) is 0 Å². The maximum atomic E-state index is 12.6. The Labute approximate surface area is 115 Å². The molecule has 3 saturated heterocycles. The average Bonchev–Trinajstić information content (AvgIpc) is 3.09. The first-order chi connectivity index (χ1) is 9.17. The zero-order valence-corrected chi connectivity index (χ0v) is 11.8. The summed E-state index contributed by atoms with van der Waals surface area (Å²) >= 11 is 0. The number of nitrogens with zero attached hydrogens (tertiary/aromatic N) is 1. The molecule has 1 N–H and O–H groups in total. The molecule has 0 radical (unpaired) electrons. The first-order valence-corrected chi connectivity index (χ1v) is 7.72. The Morgan fingerprint density at radius 2 is 2.11 bits per heavy atom. The van der Waals surface area contributed by atoms with E-state index >= 15 is 0 Å². The molecule has 3 unspecified atom stereocenters. The molecule has 0 aliphatic carbocycles. The Balaban J connectivity index is 1.58. The van der Waals surface area contributed by atoms with E-state index in [1.165, 1.54) is 0 Å². The van der Waals surface area contributed by atoms with Gasteiger partial charge in [0.05, 0.1) is 18.1 Å². The highest BCUT2D eigenvalue weighted by atomic mass is 16.5. The summed E-state index contributed by atoms with van der Waals surface area (Å²) in [7, 11) is 0. The highest BCUT2D eigenvalue weighted by Gasteiger charge is 2.46. The molecule has 4 heteroatoms. The fourth-order valence-corrected chi connectivity index (χ4v) is 3.96. The molecule has 4 nitrogen and oxygen atoms in total. The summed E-state index contributed by atoms with van der Waals surface area (Å²) in [5, 5.41) is 9.54. The fraction of sp³-hybridized carbons (Fsp3) is 0.933. The maximum Gasteiger partial charge on any atom is 0.228 e. The molecule has 3 fully saturated rings. The predicted molar refractivity (Wildman–Crippen MR) is 71.6 cm³/mol. The second-order valence-electron chi connectivity index (χ2n) is 6.55. The smallest absolute Gasteiger partial charge is 0.228 e. The molecular weight excluding hydrogens is 242 g/mol. The van der Waals surface area contributed by atoms with Gasteiger partial charge in [-0.05, 0) is 43.9 Å². The summed E-state index contributed by atoms with van der Waals surface area (Å²) < 4.78 is 5.79. The van der Waals surface area contributed by atoms with Crippen molar-refractivity contribution in [2.24, 2.45) is 11.3 Å². The number of carbonyl (C=O) groups excluding carboxylic acids is 1. The molecule has 19 heavy (non-hydrogen) atoms. The summed E-state index contributed by atoms with van der Waals surface area (Å²) in [4.78, 5) is 14.6. The lowest BCUT2D eigenvalue weighted by Gasteiger charge is -2.41. The lowest BCUT2D eigenvalue weighted by Crippen LogP contribution is -2.47. The molecule has 0 aromatic carbocycles. The molecule has 3 rings (SSSR count). The Bertz CT molecular complexity index is 343. The minimum absolute atomic E-state index is 0.0575. The van der Waals surface area contributed by atoms with E-state index < -0.39 is 0 Å². The zero-order chi connectivity index (χ0) is 13.5.